The standard InChI is InChI=1S/C12H8IN3O4/c13-8-1-3-9(4-2-8)15-11-10(16(19)20)5-7(6-14-11)12(17)18/h1-6H,(H,14,15)(H,17,18). The fraction of sp³-hybridized carbons (Fsp3) is 0. The third kappa shape index (κ3) is 3.20. The monoisotopic (exact) mass is 385 g/mol. The molecule has 0 radical (unpaired) electrons. The molecule has 8 heteroatoms. The number of benzene rings is 1. The van der Waals surface area contributed by atoms with E-state index < -0.39 is 10.9 Å². The smallest absolute Gasteiger partial charge is 0.337 e. The SMILES string of the molecule is O=C(O)c1cnc(Nc2ccc(I)cc2)c([N+](=O)[O-])c1. The number of halogens is 1. The van der Waals surface area contributed by atoms with Gasteiger partial charge in [-0.1, -0.05) is 0 Å². The second kappa shape index (κ2) is 5.82. The van der Waals surface area contributed by atoms with Gasteiger partial charge in [0.2, 0.25) is 5.82 Å². The van der Waals surface area contributed by atoms with Gasteiger partial charge in [-0.05, 0) is 46.9 Å². The van der Waals surface area contributed by atoms with Gasteiger partial charge < -0.3 is 10.4 Å². The van der Waals surface area contributed by atoms with Crippen LogP contribution in [0.25, 0.3) is 0 Å². The largest absolute Gasteiger partial charge is 0.478 e. The van der Waals surface area contributed by atoms with E-state index in [1.54, 1.807) is 12.1 Å². The summed E-state index contributed by atoms with van der Waals surface area (Å²) in [5, 5.41) is 22.6. The first kappa shape index (κ1) is 14.2. The van der Waals surface area contributed by atoms with Gasteiger partial charge in [0.25, 0.3) is 0 Å². The second-order valence-electron chi connectivity index (χ2n) is 3.79. The van der Waals surface area contributed by atoms with Crippen molar-refractivity contribution in [3.05, 3.63) is 55.8 Å². The van der Waals surface area contributed by atoms with Crippen molar-refractivity contribution in [3.63, 3.8) is 0 Å². The van der Waals surface area contributed by atoms with Crippen LogP contribution in [0.1, 0.15) is 10.4 Å². The number of hydrogen-bond donors (Lipinski definition) is 2. The van der Waals surface area contributed by atoms with E-state index in [9.17, 15) is 14.9 Å². The molecule has 0 saturated carbocycles. The normalized spacial score (nSPS) is 10.1. The van der Waals surface area contributed by atoms with E-state index >= 15 is 0 Å². The lowest BCUT2D eigenvalue weighted by molar-refractivity contribution is -0.384. The average Bonchev–Trinajstić information content (AvgIpc) is 2.41. The van der Waals surface area contributed by atoms with Gasteiger partial charge in [-0.2, -0.15) is 0 Å². The molecule has 102 valence electrons. The van der Waals surface area contributed by atoms with Gasteiger partial charge in [0, 0.05) is 21.5 Å². The van der Waals surface area contributed by atoms with E-state index in [4.69, 9.17) is 5.11 Å². The molecule has 1 aromatic heterocycles. The Morgan fingerprint density at radius 1 is 1.35 bits per heavy atom. The molecule has 1 heterocycles. The van der Waals surface area contributed by atoms with Crippen LogP contribution >= 0.6 is 22.6 Å². The number of carboxylic acid groups (broad SMARTS) is 1. The summed E-state index contributed by atoms with van der Waals surface area (Å²) in [4.78, 5) is 24.9. The van der Waals surface area contributed by atoms with Gasteiger partial charge in [0.05, 0.1) is 10.5 Å². The number of pyridine rings is 1. The summed E-state index contributed by atoms with van der Waals surface area (Å²) in [6.45, 7) is 0. The van der Waals surface area contributed by atoms with Gasteiger partial charge in [0.1, 0.15) is 0 Å². The van der Waals surface area contributed by atoms with E-state index in [1.807, 2.05) is 12.1 Å². The molecule has 1 aromatic carbocycles. The number of anilines is 2. The molecule has 0 saturated heterocycles. The van der Waals surface area contributed by atoms with Crippen molar-refractivity contribution in [1.82, 2.24) is 4.98 Å². The minimum absolute atomic E-state index is 0.00112. The van der Waals surface area contributed by atoms with Gasteiger partial charge in [-0.25, -0.2) is 9.78 Å². The van der Waals surface area contributed by atoms with Gasteiger partial charge in [-0.3, -0.25) is 10.1 Å². The summed E-state index contributed by atoms with van der Waals surface area (Å²) in [6.07, 6.45) is 1.07. The molecule has 0 spiro atoms. The summed E-state index contributed by atoms with van der Waals surface area (Å²) in [5.41, 5.74) is 0.0115. The summed E-state index contributed by atoms with van der Waals surface area (Å²) < 4.78 is 1.02. The minimum atomic E-state index is -1.26. The van der Waals surface area contributed by atoms with Crippen molar-refractivity contribution < 1.29 is 14.8 Å². The summed E-state index contributed by atoms with van der Waals surface area (Å²) in [7, 11) is 0. The van der Waals surface area contributed by atoms with Crippen LogP contribution in [0.4, 0.5) is 17.2 Å². The molecule has 2 aromatic rings. The molecule has 0 aliphatic carbocycles. The third-order valence-electron chi connectivity index (χ3n) is 2.42. The summed E-state index contributed by atoms with van der Waals surface area (Å²) in [5.74, 6) is -1.26. The van der Waals surface area contributed by atoms with Crippen molar-refractivity contribution >= 4 is 45.8 Å². The van der Waals surface area contributed by atoms with Crippen LogP contribution < -0.4 is 5.32 Å². The summed E-state index contributed by atoms with van der Waals surface area (Å²) >= 11 is 2.14. The Kier molecular flexibility index (Phi) is 4.13. The molecule has 2 N–H and O–H groups in total. The first-order valence-electron chi connectivity index (χ1n) is 5.37. The van der Waals surface area contributed by atoms with Crippen LogP contribution in [-0.2, 0) is 0 Å². The molecule has 0 bridgehead atoms. The lowest BCUT2D eigenvalue weighted by Gasteiger charge is -2.06. The van der Waals surface area contributed by atoms with Crippen LogP contribution in [0.5, 0.6) is 0 Å². The van der Waals surface area contributed by atoms with Crippen molar-refractivity contribution in [1.29, 1.82) is 0 Å². The van der Waals surface area contributed by atoms with Crippen molar-refractivity contribution in [2.24, 2.45) is 0 Å². The van der Waals surface area contributed by atoms with Gasteiger partial charge in [-0.15, -0.1) is 0 Å². The first-order chi connectivity index (χ1) is 9.47. The van der Waals surface area contributed by atoms with Crippen LogP contribution in [0.15, 0.2) is 36.5 Å². The Labute approximate surface area is 126 Å². The zero-order valence-electron chi connectivity index (χ0n) is 9.91. The minimum Gasteiger partial charge on any atom is -0.478 e. The Morgan fingerprint density at radius 3 is 2.55 bits per heavy atom. The van der Waals surface area contributed by atoms with Crippen molar-refractivity contribution in [3.8, 4) is 0 Å². The zero-order chi connectivity index (χ0) is 14.7. The topological polar surface area (TPSA) is 105 Å². The van der Waals surface area contributed by atoms with E-state index in [0.29, 0.717) is 5.69 Å². The quantitative estimate of drug-likeness (QED) is 0.476. The number of aromatic nitrogens is 1. The molecule has 7 nitrogen and oxygen atoms in total. The van der Waals surface area contributed by atoms with Gasteiger partial charge >= 0.3 is 11.7 Å². The number of carbonyl (C=O) groups is 1. The number of nitrogens with zero attached hydrogens (tertiary/aromatic N) is 2. The molecule has 0 atom stereocenters. The number of nitro groups is 1. The first-order valence-corrected chi connectivity index (χ1v) is 6.45. The van der Waals surface area contributed by atoms with Crippen molar-refractivity contribution in [2.75, 3.05) is 5.32 Å². The predicted molar refractivity (Wildman–Crippen MR) is 80.3 cm³/mol. The molecule has 0 amide bonds. The Balaban J connectivity index is 2.38. The van der Waals surface area contributed by atoms with Crippen LogP contribution in [0.3, 0.4) is 0 Å². The maximum absolute atomic E-state index is 11.0. The second-order valence-corrected chi connectivity index (χ2v) is 5.03. The van der Waals surface area contributed by atoms with Gasteiger partial charge in [0.15, 0.2) is 0 Å². The van der Waals surface area contributed by atoms with Crippen molar-refractivity contribution in [2.45, 2.75) is 0 Å². The van der Waals surface area contributed by atoms with E-state index in [-0.39, 0.29) is 17.1 Å². The van der Waals surface area contributed by atoms with Crippen LogP contribution in [0.2, 0.25) is 0 Å². The molecule has 0 aliphatic heterocycles. The number of nitrogens with one attached hydrogen (secondary N) is 1. The zero-order valence-corrected chi connectivity index (χ0v) is 12.1. The molecule has 0 unspecified atom stereocenters. The number of carboxylic acids is 1. The maximum atomic E-state index is 11.0. The average molecular weight is 385 g/mol. The number of rotatable bonds is 4. The molecule has 20 heavy (non-hydrogen) atoms. The molecule has 0 fully saturated rings. The third-order valence-corrected chi connectivity index (χ3v) is 3.14. The van der Waals surface area contributed by atoms with Crippen LogP contribution in [0, 0.1) is 13.7 Å². The Bertz CT molecular complexity index is 673. The highest BCUT2D eigenvalue weighted by Crippen LogP contribution is 2.26. The molecular weight excluding hydrogens is 377 g/mol. The molecular formula is C12H8IN3O4. The van der Waals surface area contributed by atoms with E-state index in [1.165, 1.54) is 0 Å². The maximum Gasteiger partial charge on any atom is 0.337 e. The Hall–Kier alpha value is -2.23. The Morgan fingerprint density at radius 2 is 2.00 bits per heavy atom. The van der Waals surface area contributed by atoms with E-state index in [0.717, 1.165) is 15.8 Å². The van der Waals surface area contributed by atoms with Crippen LogP contribution in [-0.4, -0.2) is 21.0 Å². The highest BCUT2D eigenvalue weighted by Gasteiger charge is 2.19. The predicted octanol–water partition coefficient (Wildman–Crippen LogP) is 3.04. The summed E-state index contributed by atoms with van der Waals surface area (Å²) in [6, 6.07) is 8.14. The fourth-order valence-electron chi connectivity index (χ4n) is 1.48. The highest BCUT2D eigenvalue weighted by molar-refractivity contribution is 14.1. The number of hydrogen-bond acceptors (Lipinski definition) is 5. The lowest BCUT2D eigenvalue weighted by Crippen LogP contribution is -2.04. The highest BCUT2D eigenvalue weighted by atomic mass is 127. The fourth-order valence-corrected chi connectivity index (χ4v) is 1.84. The number of aromatic carboxylic acids is 1. The lowest BCUT2D eigenvalue weighted by atomic mass is 10.2. The van der Waals surface area contributed by atoms with E-state index in [2.05, 4.69) is 32.9 Å². The molecule has 0 aliphatic rings. The molecule has 2 rings (SSSR count).